The van der Waals surface area contributed by atoms with Gasteiger partial charge >= 0.3 is 5.91 Å². The number of nitro groups is 1. The molecular weight excluding hydrogens is 226 g/mol. The van der Waals surface area contributed by atoms with Gasteiger partial charge in [-0.05, 0) is 12.1 Å². The number of carbonyl (C=O) groups is 1. The summed E-state index contributed by atoms with van der Waals surface area (Å²) < 4.78 is 4.69. The van der Waals surface area contributed by atoms with E-state index >= 15 is 0 Å². The van der Waals surface area contributed by atoms with Crippen LogP contribution in [0.5, 0.6) is 11.5 Å². The lowest BCUT2D eigenvalue weighted by molar-refractivity contribution is -0.375. The molecule has 1 aromatic rings. The van der Waals surface area contributed by atoms with E-state index in [2.05, 4.69) is 4.74 Å². The standard InChI is InChI=1S/C8H6ClNO5/c1-15-7-5(11)3-2-4(6(7)9)8(12)10(13)14/h2-3,11H,1H3. The SMILES string of the molecule is COc1c(O)ccc(C(=O)[N+](=O)[O-])c1Cl. The second kappa shape index (κ2) is 4.14. The highest BCUT2D eigenvalue weighted by atomic mass is 35.5. The first-order valence-corrected chi connectivity index (χ1v) is 4.11. The number of amides is 1. The van der Waals surface area contributed by atoms with Gasteiger partial charge in [-0.2, -0.15) is 0 Å². The van der Waals surface area contributed by atoms with Crippen molar-refractivity contribution in [3.8, 4) is 11.5 Å². The predicted octanol–water partition coefficient (Wildman–Crippen LogP) is 1.47. The van der Waals surface area contributed by atoms with Gasteiger partial charge in [-0.3, -0.25) is 10.1 Å². The smallest absolute Gasteiger partial charge is 0.478 e. The summed E-state index contributed by atoms with van der Waals surface area (Å²) in [5, 5.41) is 19.2. The number of methoxy groups -OCH3 is 1. The van der Waals surface area contributed by atoms with Crippen molar-refractivity contribution in [3.63, 3.8) is 0 Å². The van der Waals surface area contributed by atoms with Gasteiger partial charge in [-0.15, -0.1) is 0 Å². The molecular formula is C8H6ClNO5. The Bertz CT molecular complexity index is 431. The summed E-state index contributed by atoms with van der Waals surface area (Å²) in [6.45, 7) is 0. The first-order chi connectivity index (χ1) is 6.99. The highest BCUT2D eigenvalue weighted by Crippen LogP contribution is 2.36. The molecule has 15 heavy (non-hydrogen) atoms. The fraction of sp³-hybridized carbons (Fsp3) is 0.125. The fourth-order valence-corrected chi connectivity index (χ4v) is 1.32. The Morgan fingerprint density at radius 3 is 2.67 bits per heavy atom. The van der Waals surface area contributed by atoms with Crippen molar-refractivity contribution in [2.45, 2.75) is 0 Å². The molecule has 0 saturated carbocycles. The highest BCUT2D eigenvalue weighted by Gasteiger charge is 2.25. The number of rotatable bonds is 2. The summed E-state index contributed by atoms with van der Waals surface area (Å²) in [6, 6.07) is 2.16. The summed E-state index contributed by atoms with van der Waals surface area (Å²) in [5.41, 5.74) is -0.323. The monoisotopic (exact) mass is 231 g/mol. The average molecular weight is 232 g/mol. The number of nitrogens with zero attached hydrogens (tertiary/aromatic N) is 1. The zero-order valence-corrected chi connectivity index (χ0v) is 8.32. The highest BCUT2D eigenvalue weighted by molar-refractivity contribution is 6.35. The second-order valence-electron chi connectivity index (χ2n) is 2.54. The van der Waals surface area contributed by atoms with Crippen molar-refractivity contribution in [1.82, 2.24) is 0 Å². The van der Waals surface area contributed by atoms with Crippen molar-refractivity contribution in [3.05, 3.63) is 32.8 Å². The largest absolute Gasteiger partial charge is 0.504 e. The summed E-state index contributed by atoms with van der Waals surface area (Å²) >= 11 is 5.64. The summed E-state index contributed by atoms with van der Waals surface area (Å²) in [4.78, 5) is 20.2. The number of aromatic hydroxyl groups is 1. The van der Waals surface area contributed by atoms with Gasteiger partial charge < -0.3 is 9.84 Å². The van der Waals surface area contributed by atoms with E-state index in [1.165, 1.54) is 7.11 Å². The Morgan fingerprint density at radius 1 is 1.60 bits per heavy atom. The van der Waals surface area contributed by atoms with Crippen LogP contribution in [0.3, 0.4) is 0 Å². The lowest BCUT2D eigenvalue weighted by Crippen LogP contribution is -2.12. The summed E-state index contributed by atoms with van der Waals surface area (Å²) in [5.74, 6) is -1.80. The van der Waals surface area contributed by atoms with Crippen molar-refractivity contribution < 1.29 is 19.6 Å². The van der Waals surface area contributed by atoms with Crippen LogP contribution >= 0.6 is 11.6 Å². The average Bonchev–Trinajstić information content (AvgIpc) is 2.17. The minimum absolute atomic E-state index is 0.163. The first-order valence-electron chi connectivity index (χ1n) is 3.73. The van der Waals surface area contributed by atoms with E-state index in [0.717, 1.165) is 12.1 Å². The van der Waals surface area contributed by atoms with E-state index in [0.29, 0.717) is 0 Å². The molecule has 0 spiro atoms. The molecule has 1 rings (SSSR count). The number of carbonyl (C=O) groups excluding carboxylic acids is 1. The van der Waals surface area contributed by atoms with Crippen LogP contribution in [0.2, 0.25) is 5.02 Å². The quantitative estimate of drug-likeness (QED) is 0.615. The van der Waals surface area contributed by atoms with Gasteiger partial charge in [0.25, 0.3) is 0 Å². The van der Waals surface area contributed by atoms with E-state index in [1.807, 2.05) is 0 Å². The van der Waals surface area contributed by atoms with Crippen LogP contribution in [0, 0.1) is 10.1 Å². The minimum atomic E-state index is -1.35. The molecule has 1 amide bonds. The van der Waals surface area contributed by atoms with Crippen LogP contribution in [0.4, 0.5) is 0 Å². The molecule has 0 aliphatic heterocycles. The topological polar surface area (TPSA) is 89.7 Å². The molecule has 6 nitrogen and oxygen atoms in total. The molecule has 0 radical (unpaired) electrons. The molecule has 0 aliphatic rings. The number of ether oxygens (including phenoxy) is 1. The van der Waals surface area contributed by atoms with Crippen LogP contribution in [0.1, 0.15) is 10.4 Å². The van der Waals surface area contributed by atoms with E-state index in [1.54, 1.807) is 0 Å². The van der Waals surface area contributed by atoms with Crippen molar-refractivity contribution >= 4 is 17.5 Å². The van der Waals surface area contributed by atoms with Crippen molar-refractivity contribution in [2.75, 3.05) is 7.11 Å². The van der Waals surface area contributed by atoms with E-state index in [4.69, 9.17) is 11.6 Å². The lowest BCUT2D eigenvalue weighted by Gasteiger charge is -2.06. The van der Waals surface area contributed by atoms with Gasteiger partial charge in [0, 0.05) is 0 Å². The Balaban J connectivity index is 3.34. The predicted molar refractivity (Wildman–Crippen MR) is 51.0 cm³/mol. The molecule has 7 heteroatoms. The number of halogens is 1. The molecule has 80 valence electrons. The Labute approximate surface area is 89.2 Å². The van der Waals surface area contributed by atoms with Gasteiger partial charge in [0.15, 0.2) is 11.5 Å². The third-order valence-corrected chi connectivity index (χ3v) is 2.05. The van der Waals surface area contributed by atoms with Gasteiger partial charge in [-0.25, -0.2) is 4.79 Å². The second-order valence-corrected chi connectivity index (χ2v) is 2.92. The first kappa shape index (κ1) is 11.3. The molecule has 1 aromatic carbocycles. The van der Waals surface area contributed by atoms with Gasteiger partial charge in [-0.1, -0.05) is 11.6 Å². The Hall–Kier alpha value is -1.82. The van der Waals surface area contributed by atoms with Crippen molar-refractivity contribution in [2.24, 2.45) is 0 Å². The number of hydrogen-bond donors (Lipinski definition) is 1. The van der Waals surface area contributed by atoms with Gasteiger partial charge in [0.1, 0.15) is 15.5 Å². The normalized spacial score (nSPS) is 9.73. The molecule has 1 N–H and O–H groups in total. The van der Waals surface area contributed by atoms with E-state index < -0.39 is 10.8 Å². The van der Waals surface area contributed by atoms with E-state index in [-0.39, 0.29) is 22.1 Å². The zero-order valence-electron chi connectivity index (χ0n) is 7.56. The van der Waals surface area contributed by atoms with Crippen LogP contribution < -0.4 is 4.74 Å². The Morgan fingerprint density at radius 2 is 2.20 bits per heavy atom. The number of phenols is 1. The third kappa shape index (κ3) is 1.99. The number of benzene rings is 1. The number of phenolic OH excluding ortho intramolecular Hbond substituents is 1. The molecule has 0 unspecified atom stereocenters. The lowest BCUT2D eigenvalue weighted by atomic mass is 10.2. The molecule has 0 atom stereocenters. The maximum atomic E-state index is 11.0. The third-order valence-electron chi connectivity index (χ3n) is 1.68. The zero-order chi connectivity index (χ0) is 11.6. The maximum Gasteiger partial charge on any atom is 0.478 e. The van der Waals surface area contributed by atoms with Crippen LogP contribution in [0.25, 0.3) is 0 Å². The van der Waals surface area contributed by atoms with Gasteiger partial charge in [0.2, 0.25) is 0 Å². The minimum Gasteiger partial charge on any atom is -0.504 e. The van der Waals surface area contributed by atoms with Gasteiger partial charge in [0.05, 0.1) is 7.11 Å². The molecule has 0 aromatic heterocycles. The Kier molecular flexibility index (Phi) is 3.11. The van der Waals surface area contributed by atoms with Crippen molar-refractivity contribution in [1.29, 1.82) is 0 Å². The summed E-state index contributed by atoms with van der Waals surface area (Å²) in [6.07, 6.45) is 0. The fourth-order valence-electron chi connectivity index (χ4n) is 1.00. The van der Waals surface area contributed by atoms with E-state index in [9.17, 15) is 20.0 Å². The maximum absolute atomic E-state index is 11.0. The molecule has 0 bridgehead atoms. The molecule has 0 fully saturated rings. The number of hydrogen-bond acceptors (Lipinski definition) is 5. The summed E-state index contributed by atoms with van der Waals surface area (Å²) in [7, 11) is 1.22. The van der Waals surface area contributed by atoms with Crippen LogP contribution in [-0.4, -0.2) is 23.0 Å². The molecule has 0 saturated heterocycles. The molecule has 0 aliphatic carbocycles. The van der Waals surface area contributed by atoms with Crippen LogP contribution in [-0.2, 0) is 0 Å². The molecule has 0 heterocycles. The van der Waals surface area contributed by atoms with Crippen LogP contribution in [0.15, 0.2) is 12.1 Å².